The van der Waals surface area contributed by atoms with Gasteiger partial charge in [0.1, 0.15) is 5.75 Å². The summed E-state index contributed by atoms with van der Waals surface area (Å²) in [5.41, 5.74) is 1.88. The molecule has 1 aromatic heterocycles. The average molecular weight is 316 g/mol. The molecule has 0 atom stereocenters. The molecule has 0 saturated heterocycles. The first-order valence-electron chi connectivity index (χ1n) is 6.79. The van der Waals surface area contributed by atoms with Crippen molar-refractivity contribution in [3.05, 3.63) is 16.3 Å². The summed E-state index contributed by atoms with van der Waals surface area (Å²) in [5, 5.41) is 1.95. The van der Waals surface area contributed by atoms with Crippen molar-refractivity contribution in [2.75, 3.05) is 0 Å². The molecule has 0 bridgehead atoms. The van der Waals surface area contributed by atoms with Gasteiger partial charge in [0.2, 0.25) is 0 Å². The van der Waals surface area contributed by atoms with Crippen molar-refractivity contribution in [1.82, 2.24) is 5.48 Å². The van der Waals surface area contributed by atoms with Gasteiger partial charge in [-0.15, -0.1) is 11.3 Å². The van der Waals surface area contributed by atoms with Gasteiger partial charge in [0.05, 0.1) is 5.60 Å². The number of carbonyl (C=O) groups is 1. The molecule has 114 valence electrons. The molecule has 1 amide bonds. The fourth-order valence-corrected chi connectivity index (χ4v) is 3.39. The number of hydrogen-bond acceptors (Lipinski definition) is 4. The molecule has 1 aromatic rings. The lowest BCUT2D eigenvalue weighted by atomic mass is 10.2. The number of hydrogen-bond donors (Lipinski definition) is 1. The molecule has 1 rings (SSSR count). The number of nitrogens with one attached hydrogen (secondary N) is 1. The third-order valence-electron chi connectivity index (χ3n) is 2.45. The molecule has 0 saturated carbocycles. The van der Waals surface area contributed by atoms with Crippen LogP contribution in [0.5, 0.6) is 5.75 Å². The highest BCUT2D eigenvalue weighted by Crippen LogP contribution is 2.28. The van der Waals surface area contributed by atoms with Gasteiger partial charge in [-0.2, -0.15) is 5.48 Å². The van der Waals surface area contributed by atoms with Gasteiger partial charge in [0.15, 0.2) is 0 Å². The predicted molar refractivity (Wildman–Crippen MR) is 86.2 cm³/mol. The van der Waals surface area contributed by atoms with Gasteiger partial charge < -0.3 is 4.74 Å². The molecule has 6 heteroatoms. The molecule has 0 unspecified atom stereocenters. The van der Waals surface area contributed by atoms with Crippen LogP contribution in [0.25, 0.3) is 0 Å². The number of aryl methyl sites for hydroxylation is 1. The smallest absolute Gasteiger partial charge is 0.408 e. The van der Waals surface area contributed by atoms with E-state index in [-0.39, 0.29) is 0 Å². The number of hydroxylamine groups is 1. The Bertz CT molecular complexity index is 446. The molecule has 0 fully saturated rings. The summed E-state index contributed by atoms with van der Waals surface area (Å²) in [6, 6.07) is 3.02. The van der Waals surface area contributed by atoms with E-state index in [0.29, 0.717) is 5.75 Å². The Kier molecular flexibility index (Phi) is 5.79. The van der Waals surface area contributed by atoms with E-state index >= 15 is 0 Å². The minimum absolute atomic E-state index is 0.436. The standard InChI is InChI=1S/C14H25NO3SSi/c1-14(2,3)18-15-13(16)17-11-7-9-19-12(11)8-10-20(4,5)6/h7,9H,8,10H2,1-6H3,(H,15,16). The molecule has 0 aliphatic heterocycles. The van der Waals surface area contributed by atoms with Crippen LogP contribution in [0.1, 0.15) is 25.6 Å². The van der Waals surface area contributed by atoms with Crippen molar-refractivity contribution < 1.29 is 14.4 Å². The molecule has 0 spiro atoms. The largest absolute Gasteiger partial charge is 0.436 e. The highest BCUT2D eigenvalue weighted by atomic mass is 32.1. The predicted octanol–water partition coefficient (Wildman–Crippen LogP) is 4.45. The number of amides is 1. The summed E-state index contributed by atoms with van der Waals surface area (Å²) >= 11 is 1.63. The quantitative estimate of drug-likeness (QED) is 0.645. The van der Waals surface area contributed by atoms with Crippen molar-refractivity contribution >= 4 is 25.5 Å². The zero-order chi connectivity index (χ0) is 15.4. The molecule has 1 heterocycles. The Hall–Kier alpha value is -0.853. The van der Waals surface area contributed by atoms with Gasteiger partial charge in [0.25, 0.3) is 0 Å². The number of ether oxygens (including phenoxy) is 1. The fourth-order valence-electron chi connectivity index (χ4n) is 1.41. The minimum atomic E-state index is -1.09. The maximum absolute atomic E-state index is 11.7. The average Bonchev–Trinajstić information content (AvgIpc) is 2.69. The van der Waals surface area contributed by atoms with Crippen molar-refractivity contribution in [3.63, 3.8) is 0 Å². The molecule has 0 aromatic carbocycles. The van der Waals surface area contributed by atoms with E-state index in [0.717, 1.165) is 11.3 Å². The van der Waals surface area contributed by atoms with Crippen molar-refractivity contribution in [2.45, 2.75) is 58.5 Å². The number of carbonyl (C=O) groups excluding carboxylic acids is 1. The number of rotatable bonds is 5. The second-order valence-corrected chi connectivity index (χ2v) is 13.6. The normalized spacial score (nSPS) is 12.3. The molecule has 4 nitrogen and oxygen atoms in total. The van der Waals surface area contributed by atoms with Crippen LogP contribution in [0.15, 0.2) is 11.4 Å². The van der Waals surface area contributed by atoms with E-state index in [1.54, 1.807) is 11.3 Å². The van der Waals surface area contributed by atoms with E-state index in [4.69, 9.17) is 9.57 Å². The molecular formula is C14H25NO3SSi. The first-order chi connectivity index (χ1) is 9.07. The lowest BCUT2D eigenvalue weighted by Crippen LogP contribution is -2.35. The van der Waals surface area contributed by atoms with Crippen molar-refractivity contribution in [1.29, 1.82) is 0 Å². The van der Waals surface area contributed by atoms with Crippen LogP contribution >= 0.6 is 11.3 Å². The van der Waals surface area contributed by atoms with Crippen LogP contribution in [0.3, 0.4) is 0 Å². The first kappa shape index (κ1) is 17.2. The molecule has 0 aliphatic carbocycles. The van der Waals surface area contributed by atoms with Gasteiger partial charge >= 0.3 is 6.09 Å². The third kappa shape index (κ3) is 7.07. The topological polar surface area (TPSA) is 47.6 Å². The Morgan fingerprint density at radius 2 is 2.00 bits per heavy atom. The summed E-state index contributed by atoms with van der Waals surface area (Å²) in [5.74, 6) is 0.642. The zero-order valence-corrected chi connectivity index (χ0v) is 15.0. The van der Waals surface area contributed by atoms with Gasteiger partial charge in [0, 0.05) is 13.0 Å². The molecule has 20 heavy (non-hydrogen) atoms. The second-order valence-electron chi connectivity index (χ2n) is 6.97. The maximum Gasteiger partial charge on any atom is 0.436 e. The van der Waals surface area contributed by atoms with E-state index in [1.807, 2.05) is 32.2 Å². The minimum Gasteiger partial charge on any atom is -0.408 e. The van der Waals surface area contributed by atoms with Crippen LogP contribution in [0, 0.1) is 0 Å². The van der Waals surface area contributed by atoms with E-state index < -0.39 is 19.8 Å². The van der Waals surface area contributed by atoms with Gasteiger partial charge in [-0.1, -0.05) is 25.7 Å². The summed E-state index contributed by atoms with van der Waals surface area (Å²) in [7, 11) is -1.09. The Balaban J connectivity index is 2.52. The number of thiophene rings is 1. The van der Waals surface area contributed by atoms with E-state index in [2.05, 4.69) is 25.1 Å². The maximum atomic E-state index is 11.7. The lowest BCUT2D eigenvalue weighted by Gasteiger charge is -2.19. The third-order valence-corrected chi connectivity index (χ3v) is 5.16. The van der Waals surface area contributed by atoms with E-state index in [1.165, 1.54) is 6.04 Å². The lowest BCUT2D eigenvalue weighted by molar-refractivity contribution is -0.0599. The molecular weight excluding hydrogens is 290 g/mol. The van der Waals surface area contributed by atoms with Crippen LogP contribution in [0.2, 0.25) is 25.7 Å². The van der Waals surface area contributed by atoms with Crippen LogP contribution in [-0.2, 0) is 11.3 Å². The summed E-state index contributed by atoms with van der Waals surface area (Å²) in [4.78, 5) is 18.0. The van der Waals surface area contributed by atoms with Crippen molar-refractivity contribution in [3.8, 4) is 5.75 Å². The van der Waals surface area contributed by atoms with Gasteiger partial charge in [-0.3, -0.25) is 4.84 Å². The van der Waals surface area contributed by atoms with Crippen LogP contribution in [-0.4, -0.2) is 19.8 Å². The highest BCUT2D eigenvalue weighted by Gasteiger charge is 2.18. The Morgan fingerprint density at radius 3 is 2.55 bits per heavy atom. The molecule has 1 N–H and O–H groups in total. The monoisotopic (exact) mass is 315 g/mol. The van der Waals surface area contributed by atoms with E-state index in [9.17, 15) is 4.79 Å². The molecule has 0 aliphatic rings. The van der Waals surface area contributed by atoms with Crippen molar-refractivity contribution in [2.24, 2.45) is 0 Å². The van der Waals surface area contributed by atoms with Gasteiger partial charge in [-0.25, -0.2) is 4.79 Å². The Morgan fingerprint density at radius 1 is 1.35 bits per heavy atom. The summed E-state index contributed by atoms with van der Waals surface area (Å²) in [6.45, 7) is 12.6. The Labute approximate surface area is 126 Å². The van der Waals surface area contributed by atoms with Crippen LogP contribution < -0.4 is 10.2 Å². The van der Waals surface area contributed by atoms with Crippen LogP contribution in [0.4, 0.5) is 4.79 Å². The fraction of sp³-hybridized carbons (Fsp3) is 0.643. The van der Waals surface area contributed by atoms with Gasteiger partial charge in [-0.05, 0) is 38.6 Å². The SMILES string of the molecule is CC(C)(C)ONC(=O)Oc1ccsc1CC[Si](C)(C)C. The summed E-state index contributed by atoms with van der Waals surface area (Å²) in [6.07, 6.45) is 0.392. The second kappa shape index (κ2) is 6.73. The summed E-state index contributed by atoms with van der Waals surface area (Å²) < 4.78 is 5.30. The highest BCUT2D eigenvalue weighted by molar-refractivity contribution is 7.10. The molecule has 0 radical (unpaired) electrons. The first-order valence-corrected chi connectivity index (χ1v) is 11.4. The zero-order valence-electron chi connectivity index (χ0n) is 13.2.